The second kappa shape index (κ2) is 8.11. The molecular weight excluding hydrogens is 328 g/mol. The van der Waals surface area contributed by atoms with Gasteiger partial charge in [0.15, 0.2) is 0 Å². The number of rotatable bonds is 6. The molecule has 0 aliphatic carbocycles. The highest BCUT2D eigenvalue weighted by Gasteiger charge is 2.07. The first kappa shape index (κ1) is 17.4. The molecule has 3 N–H and O–H groups in total. The number of amides is 2. The third-order valence-corrected chi connectivity index (χ3v) is 3.82. The minimum absolute atomic E-state index is 0.142. The maximum Gasteiger partial charge on any atom is 0.251 e. The maximum absolute atomic E-state index is 12.2. The highest BCUT2D eigenvalue weighted by atomic mass is 16.2. The summed E-state index contributed by atoms with van der Waals surface area (Å²) in [5.74, 6) is 0.527. The van der Waals surface area contributed by atoms with Crippen LogP contribution in [0.3, 0.4) is 0 Å². The Bertz CT molecular complexity index is 886. The second-order valence-corrected chi connectivity index (χ2v) is 5.89. The molecule has 6 nitrogen and oxygen atoms in total. The Kier molecular flexibility index (Phi) is 5.43. The second-order valence-electron chi connectivity index (χ2n) is 5.89. The van der Waals surface area contributed by atoms with E-state index in [1.54, 1.807) is 30.5 Å². The van der Waals surface area contributed by atoms with Gasteiger partial charge in [0.05, 0.1) is 0 Å². The Morgan fingerprint density at radius 1 is 1.04 bits per heavy atom. The van der Waals surface area contributed by atoms with Gasteiger partial charge in [0.1, 0.15) is 5.82 Å². The molecule has 0 atom stereocenters. The maximum atomic E-state index is 12.2. The van der Waals surface area contributed by atoms with Crippen molar-refractivity contribution in [3.8, 4) is 11.4 Å². The zero-order valence-electron chi connectivity index (χ0n) is 14.5. The highest BCUT2D eigenvalue weighted by molar-refractivity contribution is 5.95. The predicted molar refractivity (Wildman–Crippen MR) is 101 cm³/mol. The van der Waals surface area contributed by atoms with Crippen molar-refractivity contribution in [2.75, 3.05) is 11.9 Å². The molecule has 0 saturated carbocycles. The van der Waals surface area contributed by atoms with Crippen LogP contribution < -0.4 is 10.6 Å². The Morgan fingerprint density at radius 3 is 2.46 bits per heavy atom. The van der Waals surface area contributed by atoms with E-state index in [1.165, 1.54) is 6.92 Å². The van der Waals surface area contributed by atoms with Crippen LogP contribution in [0.25, 0.3) is 11.4 Å². The summed E-state index contributed by atoms with van der Waals surface area (Å²) in [6.45, 7) is 1.95. The lowest BCUT2D eigenvalue weighted by Gasteiger charge is -2.06. The van der Waals surface area contributed by atoms with Gasteiger partial charge < -0.3 is 15.6 Å². The van der Waals surface area contributed by atoms with E-state index in [0.717, 1.165) is 17.1 Å². The van der Waals surface area contributed by atoms with Gasteiger partial charge in [0, 0.05) is 48.6 Å². The van der Waals surface area contributed by atoms with Gasteiger partial charge in [-0.1, -0.05) is 30.3 Å². The SMILES string of the molecule is CC(=O)Nc1ccc(C(=O)NCCc2cnc(-c3ccccc3)[nH]2)cc1. The number of carbonyl (C=O) groups excluding carboxylic acids is 2. The van der Waals surface area contributed by atoms with Crippen molar-refractivity contribution in [2.45, 2.75) is 13.3 Å². The summed E-state index contributed by atoms with van der Waals surface area (Å²) >= 11 is 0. The number of H-pyrrole nitrogens is 1. The Labute approximate surface area is 151 Å². The Morgan fingerprint density at radius 2 is 1.77 bits per heavy atom. The van der Waals surface area contributed by atoms with Crippen molar-refractivity contribution >= 4 is 17.5 Å². The zero-order chi connectivity index (χ0) is 18.4. The largest absolute Gasteiger partial charge is 0.352 e. The molecule has 2 aromatic carbocycles. The lowest BCUT2D eigenvalue weighted by molar-refractivity contribution is -0.114. The van der Waals surface area contributed by atoms with E-state index in [-0.39, 0.29) is 11.8 Å². The Hall–Kier alpha value is -3.41. The van der Waals surface area contributed by atoms with Crippen LogP contribution in [0.1, 0.15) is 23.0 Å². The number of nitrogens with one attached hydrogen (secondary N) is 3. The van der Waals surface area contributed by atoms with E-state index < -0.39 is 0 Å². The lowest BCUT2D eigenvalue weighted by atomic mass is 10.2. The Balaban J connectivity index is 1.51. The van der Waals surface area contributed by atoms with Gasteiger partial charge in [0.2, 0.25) is 5.91 Å². The summed E-state index contributed by atoms with van der Waals surface area (Å²) < 4.78 is 0. The standard InChI is InChI=1S/C20H20N4O2/c1-14(25)23-17-9-7-16(8-10-17)20(26)21-12-11-18-13-22-19(24-18)15-5-3-2-4-6-15/h2-10,13H,11-12H2,1H3,(H,21,26)(H,22,24)(H,23,25). The van der Waals surface area contributed by atoms with E-state index in [9.17, 15) is 9.59 Å². The molecule has 0 fully saturated rings. The fraction of sp³-hybridized carbons (Fsp3) is 0.150. The number of imidazole rings is 1. The monoisotopic (exact) mass is 348 g/mol. The minimum Gasteiger partial charge on any atom is -0.352 e. The summed E-state index contributed by atoms with van der Waals surface area (Å²) in [4.78, 5) is 30.8. The van der Waals surface area contributed by atoms with Gasteiger partial charge in [-0.15, -0.1) is 0 Å². The van der Waals surface area contributed by atoms with E-state index in [1.807, 2.05) is 30.3 Å². The quantitative estimate of drug-likeness (QED) is 0.640. The average Bonchev–Trinajstić information content (AvgIpc) is 3.11. The number of anilines is 1. The van der Waals surface area contributed by atoms with Crippen LogP contribution in [-0.2, 0) is 11.2 Å². The van der Waals surface area contributed by atoms with Gasteiger partial charge in [-0.05, 0) is 24.3 Å². The molecule has 1 heterocycles. The van der Waals surface area contributed by atoms with E-state index in [0.29, 0.717) is 24.2 Å². The highest BCUT2D eigenvalue weighted by Crippen LogP contribution is 2.14. The van der Waals surface area contributed by atoms with Crippen LogP contribution in [0.15, 0.2) is 60.8 Å². The molecule has 0 radical (unpaired) electrons. The van der Waals surface area contributed by atoms with E-state index in [2.05, 4.69) is 20.6 Å². The van der Waals surface area contributed by atoms with Crippen LogP contribution in [-0.4, -0.2) is 28.3 Å². The van der Waals surface area contributed by atoms with Crippen LogP contribution in [0.5, 0.6) is 0 Å². The number of hydrogen-bond donors (Lipinski definition) is 3. The molecule has 0 aliphatic heterocycles. The first-order valence-corrected chi connectivity index (χ1v) is 8.37. The van der Waals surface area contributed by atoms with Gasteiger partial charge in [-0.2, -0.15) is 0 Å². The summed E-state index contributed by atoms with van der Waals surface area (Å²) in [5.41, 5.74) is 3.21. The molecule has 0 unspecified atom stereocenters. The van der Waals surface area contributed by atoms with Crippen molar-refractivity contribution in [1.29, 1.82) is 0 Å². The molecule has 132 valence electrons. The molecule has 0 bridgehead atoms. The number of nitrogens with zero attached hydrogens (tertiary/aromatic N) is 1. The van der Waals surface area contributed by atoms with Crippen molar-refractivity contribution in [3.63, 3.8) is 0 Å². The van der Waals surface area contributed by atoms with Crippen LogP contribution in [0, 0.1) is 0 Å². The smallest absolute Gasteiger partial charge is 0.251 e. The molecule has 3 rings (SSSR count). The third kappa shape index (κ3) is 4.57. The first-order chi connectivity index (χ1) is 12.6. The van der Waals surface area contributed by atoms with E-state index in [4.69, 9.17) is 0 Å². The van der Waals surface area contributed by atoms with Crippen molar-refractivity contribution < 1.29 is 9.59 Å². The van der Waals surface area contributed by atoms with Gasteiger partial charge >= 0.3 is 0 Å². The summed E-state index contributed by atoms with van der Waals surface area (Å²) in [6, 6.07) is 16.7. The zero-order valence-corrected chi connectivity index (χ0v) is 14.5. The topological polar surface area (TPSA) is 86.9 Å². The number of benzene rings is 2. The molecule has 3 aromatic rings. The number of aromatic nitrogens is 2. The molecule has 0 aliphatic rings. The van der Waals surface area contributed by atoms with Crippen LogP contribution in [0.2, 0.25) is 0 Å². The van der Waals surface area contributed by atoms with Crippen LogP contribution in [0.4, 0.5) is 5.69 Å². The fourth-order valence-electron chi connectivity index (χ4n) is 2.55. The molecule has 0 saturated heterocycles. The lowest BCUT2D eigenvalue weighted by Crippen LogP contribution is -2.25. The third-order valence-electron chi connectivity index (χ3n) is 3.82. The first-order valence-electron chi connectivity index (χ1n) is 8.37. The normalized spacial score (nSPS) is 10.3. The van der Waals surface area contributed by atoms with Gasteiger partial charge in [0.25, 0.3) is 5.91 Å². The molecule has 1 aromatic heterocycles. The summed E-state index contributed by atoms with van der Waals surface area (Å²) in [5, 5.41) is 5.55. The predicted octanol–water partition coefficient (Wildman–Crippen LogP) is 3.01. The molecule has 6 heteroatoms. The molecule has 0 spiro atoms. The fourth-order valence-corrected chi connectivity index (χ4v) is 2.55. The summed E-state index contributed by atoms with van der Waals surface area (Å²) in [6.07, 6.45) is 2.45. The average molecular weight is 348 g/mol. The molecule has 26 heavy (non-hydrogen) atoms. The van der Waals surface area contributed by atoms with Gasteiger partial charge in [-0.25, -0.2) is 4.98 Å². The number of carbonyl (C=O) groups is 2. The van der Waals surface area contributed by atoms with Crippen LogP contribution >= 0.6 is 0 Å². The minimum atomic E-state index is -0.151. The summed E-state index contributed by atoms with van der Waals surface area (Å²) in [7, 11) is 0. The number of hydrogen-bond acceptors (Lipinski definition) is 3. The number of aromatic amines is 1. The van der Waals surface area contributed by atoms with Gasteiger partial charge in [-0.3, -0.25) is 9.59 Å². The molecular formula is C20H20N4O2. The van der Waals surface area contributed by atoms with E-state index >= 15 is 0 Å². The molecule has 2 amide bonds. The van der Waals surface area contributed by atoms with Crippen molar-refractivity contribution in [1.82, 2.24) is 15.3 Å². The van der Waals surface area contributed by atoms with Crippen molar-refractivity contribution in [3.05, 3.63) is 72.1 Å². The van der Waals surface area contributed by atoms with Crippen molar-refractivity contribution in [2.24, 2.45) is 0 Å².